The summed E-state index contributed by atoms with van der Waals surface area (Å²) in [5, 5.41) is 2.94. The van der Waals surface area contributed by atoms with Gasteiger partial charge in [-0.15, -0.1) is 0 Å². The molecule has 0 saturated carbocycles. The van der Waals surface area contributed by atoms with Crippen LogP contribution in [0.15, 0.2) is 40.2 Å². The molecule has 3 aromatic rings. The lowest BCUT2D eigenvalue weighted by atomic mass is 10.0. The maximum Gasteiger partial charge on any atom is 0.332 e. The smallest absolute Gasteiger partial charge is 0.332 e. The molecule has 0 aliphatic carbocycles. The summed E-state index contributed by atoms with van der Waals surface area (Å²) >= 11 is 0. The van der Waals surface area contributed by atoms with Gasteiger partial charge in [-0.25, -0.2) is 14.3 Å². The molecule has 1 aliphatic heterocycles. The summed E-state index contributed by atoms with van der Waals surface area (Å²) < 4.78 is 9.08. The summed E-state index contributed by atoms with van der Waals surface area (Å²) in [5.74, 6) is 0.396. The highest BCUT2D eigenvalue weighted by Crippen LogP contribution is 2.25. The number of hydrogen-bond acceptors (Lipinski definition) is 6. The number of carbonyl (C=O) groups excluding carboxylic acids is 1. The number of aryl methyl sites for hydroxylation is 2. The molecule has 1 fully saturated rings. The third-order valence-electron chi connectivity index (χ3n) is 6.33. The Morgan fingerprint density at radius 3 is 2.48 bits per heavy atom. The molecular formula is C23H30N6O4. The second-order valence-electron chi connectivity index (χ2n) is 8.45. The van der Waals surface area contributed by atoms with Crippen molar-refractivity contribution in [3.05, 3.63) is 57.0 Å². The molecule has 1 amide bonds. The van der Waals surface area contributed by atoms with Gasteiger partial charge < -0.3 is 14.6 Å². The summed E-state index contributed by atoms with van der Waals surface area (Å²) in [7, 11) is 4.86. The number of piperidine rings is 1. The topological polar surface area (TPSA) is 103 Å². The van der Waals surface area contributed by atoms with Crippen LogP contribution in [0.4, 0.5) is 0 Å². The van der Waals surface area contributed by atoms with Gasteiger partial charge in [-0.2, -0.15) is 0 Å². The Morgan fingerprint density at radius 2 is 1.82 bits per heavy atom. The molecule has 0 bridgehead atoms. The van der Waals surface area contributed by atoms with Crippen LogP contribution >= 0.6 is 0 Å². The van der Waals surface area contributed by atoms with Crippen LogP contribution in [0.2, 0.25) is 0 Å². The molecule has 0 radical (unpaired) electrons. The summed E-state index contributed by atoms with van der Waals surface area (Å²) in [6, 6.07) is 7.86. The van der Waals surface area contributed by atoms with Crippen LogP contribution in [0.1, 0.15) is 30.9 Å². The zero-order chi connectivity index (χ0) is 23.5. The fourth-order valence-corrected chi connectivity index (χ4v) is 4.46. The number of methoxy groups -OCH3 is 1. The standard InChI is InChI=1S/C23H30N6O4/c1-26-15-25-21-20(26)22(31)29(23(32)27(21)2)14-19(30)24-13-18(28-11-5-4-6-12-28)16-7-9-17(33-3)10-8-16/h7-10,15,18H,4-6,11-14H2,1-3H3,(H,24,30)/t18-/m1/s1. The first-order valence-electron chi connectivity index (χ1n) is 11.2. The number of hydrogen-bond donors (Lipinski definition) is 1. The van der Waals surface area contributed by atoms with Crippen molar-refractivity contribution in [1.82, 2.24) is 28.9 Å². The van der Waals surface area contributed by atoms with Crippen LogP contribution in [0.3, 0.4) is 0 Å². The lowest BCUT2D eigenvalue weighted by molar-refractivity contribution is -0.122. The van der Waals surface area contributed by atoms with Crippen LogP contribution in [0, 0.1) is 0 Å². The van der Waals surface area contributed by atoms with Crippen molar-refractivity contribution < 1.29 is 9.53 Å². The minimum Gasteiger partial charge on any atom is -0.497 e. The zero-order valence-corrected chi connectivity index (χ0v) is 19.3. The minimum atomic E-state index is -0.566. The third-order valence-corrected chi connectivity index (χ3v) is 6.33. The molecule has 1 aromatic carbocycles. The normalized spacial score (nSPS) is 15.5. The quantitative estimate of drug-likeness (QED) is 0.566. The van der Waals surface area contributed by atoms with Gasteiger partial charge in [0, 0.05) is 20.6 Å². The Kier molecular flexibility index (Phi) is 6.64. The zero-order valence-electron chi connectivity index (χ0n) is 19.3. The lowest BCUT2D eigenvalue weighted by Gasteiger charge is -2.35. The van der Waals surface area contributed by atoms with E-state index in [9.17, 15) is 14.4 Å². The van der Waals surface area contributed by atoms with E-state index in [1.165, 1.54) is 17.3 Å². The predicted octanol–water partition coefficient (Wildman–Crippen LogP) is 0.786. The summed E-state index contributed by atoms with van der Waals surface area (Å²) in [4.78, 5) is 44.9. The van der Waals surface area contributed by atoms with Gasteiger partial charge >= 0.3 is 5.69 Å². The molecule has 1 aliphatic rings. The fourth-order valence-electron chi connectivity index (χ4n) is 4.46. The second kappa shape index (κ2) is 9.62. The van der Waals surface area contributed by atoms with E-state index < -0.39 is 11.2 Å². The molecule has 3 heterocycles. The van der Waals surface area contributed by atoms with Crippen LogP contribution in [-0.4, -0.2) is 56.2 Å². The predicted molar refractivity (Wildman–Crippen MR) is 124 cm³/mol. The van der Waals surface area contributed by atoms with E-state index in [0.29, 0.717) is 12.2 Å². The molecule has 33 heavy (non-hydrogen) atoms. The fraction of sp³-hybridized carbons (Fsp3) is 0.478. The lowest BCUT2D eigenvalue weighted by Crippen LogP contribution is -2.45. The molecule has 0 unspecified atom stereocenters. The van der Waals surface area contributed by atoms with Crippen molar-refractivity contribution in [2.75, 3.05) is 26.7 Å². The third kappa shape index (κ3) is 4.56. The molecule has 1 saturated heterocycles. The van der Waals surface area contributed by atoms with Gasteiger partial charge in [0.25, 0.3) is 5.56 Å². The van der Waals surface area contributed by atoms with Crippen molar-refractivity contribution >= 4 is 17.1 Å². The number of fused-ring (bicyclic) bond motifs is 1. The second-order valence-corrected chi connectivity index (χ2v) is 8.45. The van der Waals surface area contributed by atoms with Gasteiger partial charge in [0.2, 0.25) is 5.91 Å². The van der Waals surface area contributed by atoms with Gasteiger partial charge in [-0.1, -0.05) is 18.6 Å². The molecule has 2 aromatic heterocycles. The largest absolute Gasteiger partial charge is 0.497 e. The summed E-state index contributed by atoms with van der Waals surface area (Å²) in [5.41, 5.74) is 0.584. The maximum absolute atomic E-state index is 12.9. The number of rotatable bonds is 7. The first-order valence-corrected chi connectivity index (χ1v) is 11.2. The van der Waals surface area contributed by atoms with Crippen molar-refractivity contribution in [1.29, 1.82) is 0 Å². The summed E-state index contributed by atoms with van der Waals surface area (Å²) in [6.07, 6.45) is 4.93. The van der Waals surface area contributed by atoms with E-state index in [0.717, 1.165) is 41.8 Å². The highest BCUT2D eigenvalue weighted by molar-refractivity contribution is 5.76. The first kappa shape index (κ1) is 22.8. The highest BCUT2D eigenvalue weighted by Gasteiger charge is 2.24. The van der Waals surface area contributed by atoms with Gasteiger partial charge in [-0.3, -0.25) is 19.1 Å². The van der Waals surface area contributed by atoms with Gasteiger partial charge in [0.1, 0.15) is 12.3 Å². The van der Waals surface area contributed by atoms with Crippen molar-refractivity contribution in [3.8, 4) is 5.75 Å². The van der Waals surface area contributed by atoms with Crippen molar-refractivity contribution in [2.45, 2.75) is 31.8 Å². The van der Waals surface area contributed by atoms with E-state index in [1.54, 1.807) is 25.8 Å². The Morgan fingerprint density at radius 1 is 1.12 bits per heavy atom. The Balaban J connectivity index is 1.53. The van der Waals surface area contributed by atoms with Gasteiger partial charge in [0.05, 0.1) is 19.5 Å². The number of benzene rings is 1. The van der Waals surface area contributed by atoms with Crippen LogP contribution < -0.4 is 21.3 Å². The highest BCUT2D eigenvalue weighted by atomic mass is 16.5. The molecule has 0 spiro atoms. The number of imidazole rings is 1. The number of carbonyl (C=O) groups is 1. The number of likely N-dealkylation sites (tertiary alicyclic amines) is 1. The maximum atomic E-state index is 12.9. The minimum absolute atomic E-state index is 0.000681. The molecule has 10 heteroatoms. The first-order chi connectivity index (χ1) is 15.9. The molecule has 4 rings (SSSR count). The van der Waals surface area contributed by atoms with E-state index >= 15 is 0 Å². The Bertz CT molecular complexity index is 1250. The van der Waals surface area contributed by atoms with Crippen LogP contribution in [-0.2, 0) is 25.4 Å². The van der Waals surface area contributed by atoms with Crippen LogP contribution in [0.5, 0.6) is 5.75 Å². The number of ether oxygens (including phenoxy) is 1. The number of nitrogens with zero attached hydrogens (tertiary/aromatic N) is 5. The monoisotopic (exact) mass is 454 g/mol. The molecule has 176 valence electrons. The van der Waals surface area contributed by atoms with E-state index in [1.807, 2.05) is 24.3 Å². The van der Waals surface area contributed by atoms with E-state index in [2.05, 4.69) is 15.2 Å². The Labute approximate surface area is 191 Å². The van der Waals surface area contributed by atoms with Crippen molar-refractivity contribution in [2.24, 2.45) is 14.1 Å². The van der Waals surface area contributed by atoms with Gasteiger partial charge in [-0.05, 0) is 43.6 Å². The van der Waals surface area contributed by atoms with E-state index in [4.69, 9.17) is 4.74 Å². The average molecular weight is 455 g/mol. The number of nitrogens with one attached hydrogen (secondary N) is 1. The summed E-state index contributed by atoms with van der Waals surface area (Å²) in [6.45, 7) is 1.96. The molecule has 10 nitrogen and oxygen atoms in total. The van der Waals surface area contributed by atoms with Crippen LogP contribution in [0.25, 0.3) is 11.2 Å². The SMILES string of the molecule is COc1ccc([C@@H](CNC(=O)Cn2c(=O)c3c(ncn3C)n(C)c2=O)N2CCCCC2)cc1. The molecular weight excluding hydrogens is 424 g/mol. The average Bonchev–Trinajstić information content (AvgIpc) is 3.23. The Hall–Kier alpha value is -3.40. The number of amides is 1. The number of aromatic nitrogens is 4. The van der Waals surface area contributed by atoms with Crippen molar-refractivity contribution in [3.63, 3.8) is 0 Å². The molecule has 1 atom stereocenters. The van der Waals surface area contributed by atoms with Gasteiger partial charge in [0.15, 0.2) is 11.2 Å². The van der Waals surface area contributed by atoms with E-state index in [-0.39, 0.29) is 24.0 Å². The molecule has 1 N–H and O–H groups in total.